The van der Waals surface area contributed by atoms with E-state index in [0.717, 1.165) is 17.8 Å². The molecule has 0 saturated heterocycles. The van der Waals surface area contributed by atoms with Crippen molar-refractivity contribution in [1.29, 1.82) is 0 Å². The number of rotatable bonds is 3. The molecule has 2 nitrogen and oxygen atoms in total. The van der Waals surface area contributed by atoms with Gasteiger partial charge in [-0.1, -0.05) is 18.3 Å². The maximum Gasteiger partial charge on any atom is 0.106 e. The van der Waals surface area contributed by atoms with Gasteiger partial charge in [0, 0.05) is 24.8 Å². The molecule has 1 rings (SSSR count). The van der Waals surface area contributed by atoms with E-state index < -0.39 is 0 Å². The SMILES string of the molecule is CCN(C)c1cc(C)ccc1C(N)=S. The summed E-state index contributed by atoms with van der Waals surface area (Å²) in [5, 5.41) is 0. The first-order valence-corrected chi connectivity index (χ1v) is 5.08. The van der Waals surface area contributed by atoms with Crippen LogP contribution in [0, 0.1) is 6.92 Å². The fourth-order valence-electron chi connectivity index (χ4n) is 1.34. The van der Waals surface area contributed by atoms with Gasteiger partial charge in [0.15, 0.2) is 0 Å². The minimum atomic E-state index is 0.459. The third-order valence-corrected chi connectivity index (χ3v) is 2.52. The van der Waals surface area contributed by atoms with Crippen LogP contribution >= 0.6 is 12.2 Å². The summed E-state index contributed by atoms with van der Waals surface area (Å²) in [5.74, 6) is 0. The van der Waals surface area contributed by atoms with Crippen molar-refractivity contribution in [3.8, 4) is 0 Å². The molecular formula is C11H16N2S. The van der Waals surface area contributed by atoms with E-state index in [4.69, 9.17) is 18.0 Å². The number of thiocarbonyl (C=S) groups is 1. The molecule has 0 aliphatic carbocycles. The zero-order valence-electron chi connectivity index (χ0n) is 8.87. The van der Waals surface area contributed by atoms with Gasteiger partial charge in [-0.2, -0.15) is 0 Å². The van der Waals surface area contributed by atoms with Crippen LogP contribution in [0.2, 0.25) is 0 Å². The first kappa shape index (κ1) is 11.0. The number of hydrogen-bond acceptors (Lipinski definition) is 2. The molecule has 3 heteroatoms. The van der Waals surface area contributed by atoms with Crippen molar-refractivity contribution in [2.24, 2.45) is 5.73 Å². The monoisotopic (exact) mass is 208 g/mol. The molecule has 0 fully saturated rings. The van der Waals surface area contributed by atoms with Crippen LogP contribution < -0.4 is 10.6 Å². The molecule has 0 aromatic heterocycles. The highest BCUT2D eigenvalue weighted by atomic mass is 32.1. The molecule has 0 amide bonds. The van der Waals surface area contributed by atoms with Gasteiger partial charge in [-0.25, -0.2) is 0 Å². The van der Waals surface area contributed by atoms with Crippen molar-refractivity contribution in [3.63, 3.8) is 0 Å². The van der Waals surface area contributed by atoms with Gasteiger partial charge in [0.2, 0.25) is 0 Å². The normalized spacial score (nSPS) is 9.93. The molecule has 0 saturated carbocycles. The Morgan fingerprint density at radius 1 is 1.50 bits per heavy atom. The van der Waals surface area contributed by atoms with Crippen LogP contribution in [0.1, 0.15) is 18.1 Å². The fourth-order valence-corrected chi connectivity index (χ4v) is 1.51. The summed E-state index contributed by atoms with van der Waals surface area (Å²) in [5.41, 5.74) is 8.95. The molecule has 76 valence electrons. The molecule has 1 aromatic rings. The van der Waals surface area contributed by atoms with E-state index >= 15 is 0 Å². The van der Waals surface area contributed by atoms with Crippen molar-refractivity contribution in [2.45, 2.75) is 13.8 Å². The Balaban J connectivity index is 3.22. The third-order valence-electron chi connectivity index (χ3n) is 2.30. The summed E-state index contributed by atoms with van der Waals surface area (Å²) < 4.78 is 0. The van der Waals surface area contributed by atoms with E-state index in [1.807, 2.05) is 19.2 Å². The lowest BCUT2D eigenvalue weighted by molar-refractivity contribution is 0.965. The Kier molecular flexibility index (Phi) is 3.47. The first-order chi connectivity index (χ1) is 6.56. The van der Waals surface area contributed by atoms with Crippen molar-refractivity contribution in [2.75, 3.05) is 18.5 Å². The highest BCUT2D eigenvalue weighted by Crippen LogP contribution is 2.20. The molecule has 0 radical (unpaired) electrons. The minimum absolute atomic E-state index is 0.459. The van der Waals surface area contributed by atoms with Crippen molar-refractivity contribution in [3.05, 3.63) is 29.3 Å². The standard InChI is InChI=1S/C11H16N2S/c1-4-13(3)10-7-8(2)5-6-9(10)11(12)14/h5-7H,4H2,1-3H3,(H2,12,14). The first-order valence-electron chi connectivity index (χ1n) is 4.67. The van der Waals surface area contributed by atoms with Crippen LogP contribution in [-0.4, -0.2) is 18.6 Å². The Hall–Kier alpha value is -1.09. The van der Waals surface area contributed by atoms with Crippen LogP contribution in [0.4, 0.5) is 5.69 Å². The van der Waals surface area contributed by atoms with Gasteiger partial charge in [0.1, 0.15) is 4.99 Å². The third kappa shape index (κ3) is 2.23. The summed E-state index contributed by atoms with van der Waals surface area (Å²) in [6.45, 7) is 5.11. The number of anilines is 1. The van der Waals surface area contributed by atoms with Crippen LogP contribution in [0.15, 0.2) is 18.2 Å². The van der Waals surface area contributed by atoms with Gasteiger partial charge in [-0.05, 0) is 31.5 Å². The van der Waals surface area contributed by atoms with Crippen molar-refractivity contribution >= 4 is 22.9 Å². The van der Waals surface area contributed by atoms with E-state index in [0.29, 0.717) is 4.99 Å². The van der Waals surface area contributed by atoms with Gasteiger partial charge < -0.3 is 10.6 Å². The van der Waals surface area contributed by atoms with E-state index in [1.165, 1.54) is 5.56 Å². The quantitative estimate of drug-likeness (QED) is 0.771. The lowest BCUT2D eigenvalue weighted by Gasteiger charge is -2.20. The predicted octanol–water partition coefficient (Wildman–Crippen LogP) is 2.09. The Morgan fingerprint density at radius 3 is 2.64 bits per heavy atom. The second-order valence-electron chi connectivity index (χ2n) is 3.40. The van der Waals surface area contributed by atoms with E-state index in [9.17, 15) is 0 Å². The maximum atomic E-state index is 5.66. The second kappa shape index (κ2) is 4.42. The number of nitrogens with two attached hydrogens (primary N) is 1. The van der Waals surface area contributed by atoms with Gasteiger partial charge >= 0.3 is 0 Å². The predicted molar refractivity (Wildman–Crippen MR) is 66.0 cm³/mol. The van der Waals surface area contributed by atoms with E-state index in [1.54, 1.807) is 0 Å². The van der Waals surface area contributed by atoms with Crippen LogP contribution in [0.3, 0.4) is 0 Å². The molecule has 1 aromatic carbocycles. The summed E-state index contributed by atoms with van der Waals surface area (Å²) in [4.78, 5) is 2.60. The number of nitrogens with zero attached hydrogens (tertiary/aromatic N) is 1. The summed E-state index contributed by atoms with van der Waals surface area (Å²) in [6, 6.07) is 6.12. The average Bonchev–Trinajstić information content (AvgIpc) is 2.16. The fraction of sp³-hybridized carbons (Fsp3) is 0.364. The molecule has 0 bridgehead atoms. The summed E-state index contributed by atoms with van der Waals surface area (Å²) in [7, 11) is 2.04. The van der Waals surface area contributed by atoms with Gasteiger partial charge in [-0.15, -0.1) is 0 Å². The van der Waals surface area contributed by atoms with Crippen LogP contribution in [0.25, 0.3) is 0 Å². The Bertz CT molecular complexity index is 347. The molecular weight excluding hydrogens is 192 g/mol. The van der Waals surface area contributed by atoms with Gasteiger partial charge in [0.05, 0.1) is 0 Å². The van der Waals surface area contributed by atoms with Crippen LogP contribution in [0.5, 0.6) is 0 Å². The zero-order chi connectivity index (χ0) is 10.7. The number of aryl methyl sites for hydroxylation is 1. The molecule has 14 heavy (non-hydrogen) atoms. The molecule has 0 spiro atoms. The maximum absolute atomic E-state index is 5.66. The van der Waals surface area contributed by atoms with Gasteiger partial charge in [-0.3, -0.25) is 0 Å². The molecule has 0 aliphatic heterocycles. The molecule has 2 N–H and O–H groups in total. The minimum Gasteiger partial charge on any atom is -0.389 e. The van der Waals surface area contributed by atoms with Gasteiger partial charge in [0.25, 0.3) is 0 Å². The lowest BCUT2D eigenvalue weighted by Crippen LogP contribution is -2.21. The van der Waals surface area contributed by atoms with Crippen LogP contribution in [-0.2, 0) is 0 Å². The van der Waals surface area contributed by atoms with E-state index in [2.05, 4.69) is 24.8 Å². The Morgan fingerprint density at radius 2 is 2.14 bits per heavy atom. The summed E-state index contributed by atoms with van der Waals surface area (Å²) in [6.07, 6.45) is 0. The lowest BCUT2D eigenvalue weighted by atomic mass is 10.1. The molecule has 0 unspecified atom stereocenters. The number of benzene rings is 1. The smallest absolute Gasteiger partial charge is 0.106 e. The van der Waals surface area contributed by atoms with Crippen molar-refractivity contribution in [1.82, 2.24) is 0 Å². The number of hydrogen-bond donors (Lipinski definition) is 1. The van der Waals surface area contributed by atoms with Crippen molar-refractivity contribution < 1.29 is 0 Å². The second-order valence-corrected chi connectivity index (χ2v) is 3.84. The molecule has 0 heterocycles. The molecule has 0 aliphatic rings. The topological polar surface area (TPSA) is 29.3 Å². The highest BCUT2D eigenvalue weighted by molar-refractivity contribution is 7.80. The molecule has 0 atom stereocenters. The van der Waals surface area contributed by atoms with E-state index in [-0.39, 0.29) is 0 Å². The highest BCUT2D eigenvalue weighted by Gasteiger charge is 2.07. The largest absolute Gasteiger partial charge is 0.389 e. The Labute approximate surface area is 90.7 Å². The summed E-state index contributed by atoms with van der Waals surface area (Å²) >= 11 is 5.01. The average molecular weight is 208 g/mol. The zero-order valence-corrected chi connectivity index (χ0v) is 9.69.